The third-order valence-corrected chi connectivity index (χ3v) is 1.49. The van der Waals surface area contributed by atoms with Crippen molar-refractivity contribution in [2.45, 2.75) is 19.8 Å². The van der Waals surface area contributed by atoms with Crippen LogP contribution >= 0.6 is 0 Å². The maximum atomic E-state index is 11.7. The van der Waals surface area contributed by atoms with Crippen LogP contribution in [-0.2, 0) is 4.79 Å². The molecule has 0 radical (unpaired) electrons. The first kappa shape index (κ1) is 11.1. The summed E-state index contributed by atoms with van der Waals surface area (Å²) in [4.78, 5) is 12.3. The molecule has 2 nitrogen and oxygen atoms in total. The van der Waals surface area contributed by atoms with Crippen molar-refractivity contribution in [3.8, 4) is 0 Å². The van der Waals surface area contributed by atoms with Crippen LogP contribution in [-0.4, -0.2) is 30.3 Å². The Bertz CT molecular complexity index is 159. The SMILES string of the molecule is C=CC(=O)N(CC)CCC(F)F. The molecule has 0 aromatic carbocycles. The van der Waals surface area contributed by atoms with Gasteiger partial charge in [0, 0.05) is 19.5 Å². The fourth-order valence-corrected chi connectivity index (χ4v) is 0.807. The van der Waals surface area contributed by atoms with Crippen molar-refractivity contribution < 1.29 is 13.6 Å². The fraction of sp³-hybridized carbons (Fsp3) is 0.625. The molecule has 0 aromatic rings. The zero-order valence-corrected chi connectivity index (χ0v) is 7.09. The predicted molar refractivity (Wildman–Crippen MR) is 43.1 cm³/mol. The van der Waals surface area contributed by atoms with Gasteiger partial charge in [-0.15, -0.1) is 0 Å². The molecule has 0 spiro atoms. The highest BCUT2D eigenvalue weighted by Crippen LogP contribution is 2.01. The maximum Gasteiger partial charge on any atom is 0.245 e. The molecule has 70 valence electrons. The number of carbonyl (C=O) groups excluding carboxylic acids is 1. The minimum absolute atomic E-state index is 0.0962. The van der Waals surface area contributed by atoms with Gasteiger partial charge in [-0.3, -0.25) is 4.79 Å². The van der Waals surface area contributed by atoms with E-state index in [1.54, 1.807) is 6.92 Å². The summed E-state index contributed by atoms with van der Waals surface area (Å²) in [5.74, 6) is -0.293. The topological polar surface area (TPSA) is 20.3 Å². The summed E-state index contributed by atoms with van der Waals surface area (Å²) < 4.78 is 23.5. The number of hydrogen-bond acceptors (Lipinski definition) is 1. The average molecular weight is 177 g/mol. The van der Waals surface area contributed by atoms with E-state index in [1.165, 1.54) is 4.90 Å². The summed E-state index contributed by atoms with van der Waals surface area (Å²) in [5.41, 5.74) is 0. The Kier molecular flexibility index (Phi) is 5.25. The lowest BCUT2D eigenvalue weighted by molar-refractivity contribution is -0.126. The molecule has 0 aliphatic rings. The Morgan fingerprint density at radius 1 is 1.67 bits per heavy atom. The molecule has 0 aliphatic carbocycles. The van der Waals surface area contributed by atoms with Crippen LogP contribution in [0.1, 0.15) is 13.3 Å². The molecule has 1 amide bonds. The van der Waals surface area contributed by atoms with Gasteiger partial charge in [0.25, 0.3) is 0 Å². The molecule has 0 fully saturated rings. The van der Waals surface area contributed by atoms with Crippen LogP contribution in [0.5, 0.6) is 0 Å². The highest BCUT2D eigenvalue weighted by Gasteiger charge is 2.10. The second-order valence-corrected chi connectivity index (χ2v) is 2.30. The van der Waals surface area contributed by atoms with Crippen molar-refractivity contribution in [3.05, 3.63) is 12.7 Å². The Labute approximate surface area is 70.9 Å². The lowest BCUT2D eigenvalue weighted by Crippen LogP contribution is -2.30. The highest BCUT2D eigenvalue weighted by atomic mass is 19.3. The molecule has 0 rings (SSSR count). The van der Waals surface area contributed by atoms with Gasteiger partial charge in [0.1, 0.15) is 0 Å². The monoisotopic (exact) mass is 177 g/mol. The van der Waals surface area contributed by atoms with Crippen molar-refractivity contribution in [2.24, 2.45) is 0 Å². The fourth-order valence-electron chi connectivity index (χ4n) is 0.807. The van der Waals surface area contributed by atoms with E-state index >= 15 is 0 Å². The molecule has 12 heavy (non-hydrogen) atoms. The molecular formula is C8H13F2NO. The van der Waals surface area contributed by atoms with E-state index < -0.39 is 6.43 Å². The lowest BCUT2D eigenvalue weighted by Gasteiger charge is -2.18. The summed E-state index contributed by atoms with van der Waals surface area (Å²) in [6, 6.07) is 0. The second kappa shape index (κ2) is 5.69. The van der Waals surface area contributed by atoms with Crippen molar-refractivity contribution in [1.29, 1.82) is 0 Å². The number of nitrogens with zero attached hydrogens (tertiary/aromatic N) is 1. The quantitative estimate of drug-likeness (QED) is 0.585. The minimum atomic E-state index is -2.35. The normalized spacial score (nSPS) is 10.0. The zero-order chi connectivity index (χ0) is 9.56. The van der Waals surface area contributed by atoms with Crippen LogP contribution in [0, 0.1) is 0 Å². The molecule has 0 unspecified atom stereocenters. The highest BCUT2D eigenvalue weighted by molar-refractivity contribution is 5.86. The molecule has 0 saturated carbocycles. The number of halogens is 2. The molecule has 0 bridgehead atoms. The molecule has 0 heterocycles. The zero-order valence-electron chi connectivity index (χ0n) is 7.09. The Hall–Kier alpha value is -0.930. The van der Waals surface area contributed by atoms with E-state index in [9.17, 15) is 13.6 Å². The number of alkyl halides is 2. The second-order valence-electron chi connectivity index (χ2n) is 2.30. The van der Waals surface area contributed by atoms with E-state index in [0.29, 0.717) is 6.54 Å². The third-order valence-electron chi connectivity index (χ3n) is 1.49. The van der Waals surface area contributed by atoms with Gasteiger partial charge in [0.15, 0.2) is 0 Å². The van der Waals surface area contributed by atoms with Crippen LogP contribution < -0.4 is 0 Å². The molecule has 4 heteroatoms. The molecule has 0 N–H and O–H groups in total. The average Bonchev–Trinajstić information content (AvgIpc) is 2.04. The van der Waals surface area contributed by atoms with Gasteiger partial charge < -0.3 is 4.90 Å². The van der Waals surface area contributed by atoms with Gasteiger partial charge in [-0.1, -0.05) is 6.58 Å². The standard InChI is InChI=1S/C8H13F2NO/c1-3-8(12)11(4-2)6-5-7(9)10/h3,7H,1,4-6H2,2H3. The van der Waals surface area contributed by atoms with Crippen LogP contribution in [0.25, 0.3) is 0 Å². The minimum Gasteiger partial charge on any atom is -0.339 e. The van der Waals surface area contributed by atoms with Gasteiger partial charge in [0.2, 0.25) is 12.3 Å². The third kappa shape index (κ3) is 4.05. The van der Waals surface area contributed by atoms with Crippen molar-refractivity contribution in [2.75, 3.05) is 13.1 Å². The predicted octanol–water partition coefficient (Wildman–Crippen LogP) is 1.68. The van der Waals surface area contributed by atoms with Crippen LogP contribution in [0.3, 0.4) is 0 Å². The first-order valence-corrected chi connectivity index (χ1v) is 3.81. The van der Waals surface area contributed by atoms with E-state index in [2.05, 4.69) is 6.58 Å². The molecule has 0 aromatic heterocycles. The van der Waals surface area contributed by atoms with E-state index in [1.807, 2.05) is 0 Å². The smallest absolute Gasteiger partial charge is 0.245 e. The van der Waals surface area contributed by atoms with Gasteiger partial charge >= 0.3 is 0 Å². The van der Waals surface area contributed by atoms with Crippen molar-refractivity contribution >= 4 is 5.91 Å². The molecule has 0 saturated heterocycles. The number of rotatable bonds is 5. The van der Waals surface area contributed by atoms with Gasteiger partial charge in [-0.05, 0) is 13.0 Å². The van der Waals surface area contributed by atoms with Crippen LogP contribution in [0.15, 0.2) is 12.7 Å². The summed E-state index contributed by atoms with van der Waals surface area (Å²) in [7, 11) is 0. The van der Waals surface area contributed by atoms with E-state index in [-0.39, 0.29) is 18.9 Å². The molecular weight excluding hydrogens is 164 g/mol. The first-order valence-electron chi connectivity index (χ1n) is 3.81. The Morgan fingerprint density at radius 2 is 2.25 bits per heavy atom. The van der Waals surface area contributed by atoms with Gasteiger partial charge in [-0.2, -0.15) is 0 Å². The molecule has 0 aliphatic heterocycles. The number of hydrogen-bond donors (Lipinski definition) is 0. The van der Waals surface area contributed by atoms with Crippen LogP contribution in [0.4, 0.5) is 8.78 Å². The summed E-state index contributed by atoms with van der Waals surface area (Å²) >= 11 is 0. The Morgan fingerprint density at radius 3 is 2.58 bits per heavy atom. The largest absolute Gasteiger partial charge is 0.339 e. The van der Waals surface area contributed by atoms with Crippen molar-refractivity contribution in [3.63, 3.8) is 0 Å². The van der Waals surface area contributed by atoms with E-state index in [4.69, 9.17) is 0 Å². The van der Waals surface area contributed by atoms with Crippen LogP contribution in [0.2, 0.25) is 0 Å². The number of amides is 1. The summed E-state index contributed by atoms with van der Waals surface area (Å²) in [6.07, 6.45) is -1.49. The molecule has 0 atom stereocenters. The maximum absolute atomic E-state index is 11.7. The van der Waals surface area contributed by atoms with Crippen molar-refractivity contribution in [1.82, 2.24) is 4.90 Å². The summed E-state index contributed by atoms with van der Waals surface area (Å²) in [6.45, 7) is 5.56. The Balaban J connectivity index is 3.83. The number of carbonyl (C=O) groups is 1. The van der Waals surface area contributed by atoms with E-state index in [0.717, 1.165) is 6.08 Å². The number of likely N-dealkylation sites (N-methyl/N-ethyl adjacent to an activating group) is 1. The summed E-state index contributed by atoms with van der Waals surface area (Å²) in [5, 5.41) is 0. The lowest BCUT2D eigenvalue weighted by atomic mass is 10.3. The van der Waals surface area contributed by atoms with Gasteiger partial charge in [0.05, 0.1) is 0 Å². The first-order chi connectivity index (χ1) is 5.61. The van der Waals surface area contributed by atoms with Gasteiger partial charge in [-0.25, -0.2) is 8.78 Å².